The van der Waals surface area contributed by atoms with Gasteiger partial charge in [0.05, 0.1) is 22.6 Å². The van der Waals surface area contributed by atoms with Gasteiger partial charge in [-0.25, -0.2) is 23.1 Å². The number of fused-ring (bicyclic) bond motifs is 5. The van der Waals surface area contributed by atoms with Crippen LogP contribution in [0, 0.1) is 17.8 Å². The van der Waals surface area contributed by atoms with Gasteiger partial charge in [-0.15, -0.1) is 0 Å². The second-order valence-corrected chi connectivity index (χ2v) is 17.5. The Balaban J connectivity index is 1.22. The number of hydrogen-bond acceptors (Lipinski definition) is 8. The van der Waals surface area contributed by atoms with E-state index in [9.17, 15) is 18.3 Å². The molecule has 3 heterocycles. The van der Waals surface area contributed by atoms with Gasteiger partial charge in [-0.05, 0) is 117 Å². The first-order chi connectivity index (χ1) is 23.0. The molecule has 11 heteroatoms. The van der Waals surface area contributed by atoms with E-state index < -0.39 is 26.3 Å². The second kappa shape index (κ2) is 11.6. The van der Waals surface area contributed by atoms with E-state index in [4.69, 9.17) is 16.3 Å². The van der Waals surface area contributed by atoms with Crippen molar-refractivity contribution in [1.29, 1.82) is 0 Å². The highest BCUT2D eigenvalue weighted by atomic mass is 35.5. The van der Waals surface area contributed by atoms with E-state index in [1.807, 2.05) is 24.3 Å². The van der Waals surface area contributed by atoms with Gasteiger partial charge in [0.25, 0.3) is 5.91 Å². The smallest absolute Gasteiger partial charge is 0.264 e. The minimum atomic E-state index is -3.97. The zero-order valence-electron chi connectivity index (χ0n) is 27.1. The molecule has 3 aliphatic carbocycles. The summed E-state index contributed by atoms with van der Waals surface area (Å²) in [7, 11) is -3.97. The number of nitrogens with one attached hydrogen (secondary N) is 1. The van der Waals surface area contributed by atoms with E-state index in [0.717, 1.165) is 48.5 Å². The van der Waals surface area contributed by atoms with Gasteiger partial charge in [-0.3, -0.25) is 4.79 Å². The van der Waals surface area contributed by atoms with Crippen molar-refractivity contribution in [3.63, 3.8) is 0 Å². The topological polar surface area (TPSA) is 122 Å². The third-order valence-corrected chi connectivity index (χ3v) is 14.4. The van der Waals surface area contributed by atoms with Crippen LogP contribution >= 0.6 is 11.6 Å². The number of ether oxygens (including phenoxy) is 1. The maximum atomic E-state index is 13.6. The molecule has 2 bridgehead atoms. The van der Waals surface area contributed by atoms with Gasteiger partial charge in [-0.1, -0.05) is 29.8 Å². The number of carbonyl (C=O) groups is 1. The molecule has 2 fully saturated rings. The molecule has 5 aliphatic rings. The molecular weight excluding hydrogens is 648 g/mol. The van der Waals surface area contributed by atoms with E-state index in [2.05, 4.69) is 31.7 Å². The number of sulfonamides is 1. The van der Waals surface area contributed by atoms with Crippen molar-refractivity contribution < 1.29 is 23.1 Å². The molecule has 1 aromatic heterocycles. The van der Waals surface area contributed by atoms with Crippen LogP contribution in [0.2, 0.25) is 5.02 Å². The van der Waals surface area contributed by atoms with Crippen LogP contribution in [0.3, 0.4) is 0 Å². The minimum Gasteiger partial charge on any atom is -0.490 e. The largest absolute Gasteiger partial charge is 0.490 e. The summed E-state index contributed by atoms with van der Waals surface area (Å²) < 4.78 is 35.1. The molecule has 2 N–H and O–H groups in total. The molecule has 0 saturated heterocycles. The van der Waals surface area contributed by atoms with Crippen LogP contribution in [0.5, 0.6) is 5.75 Å². The molecule has 252 valence electrons. The van der Waals surface area contributed by atoms with Gasteiger partial charge >= 0.3 is 0 Å². The van der Waals surface area contributed by atoms with Crippen LogP contribution in [0.1, 0.15) is 72.6 Å². The fraction of sp³-hybridized carbons (Fsp3) is 0.486. The quantitative estimate of drug-likeness (QED) is 0.344. The maximum Gasteiger partial charge on any atom is 0.264 e. The number of rotatable bonds is 2. The Morgan fingerprint density at radius 2 is 2.04 bits per heavy atom. The molecule has 1 amide bonds. The minimum absolute atomic E-state index is 0.0431. The van der Waals surface area contributed by atoms with E-state index >= 15 is 0 Å². The molecular formula is C37H41ClN4O5S. The molecule has 0 radical (unpaired) electrons. The molecule has 2 saturated carbocycles. The Hall–Kier alpha value is -3.47. The molecule has 3 aromatic rings. The average molecular weight is 689 g/mol. The summed E-state index contributed by atoms with van der Waals surface area (Å²) in [5.41, 5.74) is 2.79. The van der Waals surface area contributed by atoms with Crippen molar-refractivity contribution >= 4 is 33.2 Å². The van der Waals surface area contributed by atoms with Crippen LogP contribution in [-0.4, -0.2) is 59.4 Å². The lowest BCUT2D eigenvalue weighted by molar-refractivity contribution is -0.0452. The zero-order chi connectivity index (χ0) is 33.3. The van der Waals surface area contributed by atoms with Crippen LogP contribution in [0.15, 0.2) is 67.1 Å². The number of amides is 1. The fourth-order valence-corrected chi connectivity index (χ4v) is 10.6. The Morgan fingerprint density at radius 1 is 1.17 bits per heavy atom. The molecule has 1 spiro atoms. The number of hydrogen-bond donors (Lipinski definition) is 2. The van der Waals surface area contributed by atoms with Crippen molar-refractivity contribution in [2.24, 2.45) is 17.8 Å². The summed E-state index contributed by atoms with van der Waals surface area (Å²) in [6, 6.07) is 13.2. The van der Waals surface area contributed by atoms with Crippen LogP contribution in [0.4, 0.5) is 5.69 Å². The highest BCUT2D eigenvalue weighted by Crippen LogP contribution is 2.53. The molecule has 6 atom stereocenters. The normalized spacial score (nSPS) is 34.3. The number of anilines is 1. The van der Waals surface area contributed by atoms with Gasteiger partial charge in [0.2, 0.25) is 10.0 Å². The molecule has 0 unspecified atom stereocenters. The molecule has 9 nitrogen and oxygen atoms in total. The number of aromatic nitrogens is 2. The summed E-state index contributed by atoms with van der Waals surface area (Å²) in [6.45, 7) is 3.47. The van der Waals surface area contributed by atoms with E-state index in [1.54, 1.807) is 31.3 Å². The van der Waals surface area contributed by atoms with Crippen molar-refractivity contribution in [3.05, 3.63) is 94.5 Å². The van der Waals surface area contributed by atoms with Crippen LogP contribution in [-0.2, 0) is 28.3 Å². The standard InChI is InChI=1S/C37H41ClN4O5S/c1-35-18-27(35)5-3-14-37(44,19-29-12-15-39-23-40-29)31-9-6-26(31)20-42-21-36(13-2-4-24-16-28(38)8-10-30(24)36)22-47-33-11-7-25(17-32(33)42)34(43)41-48(35,45)46/h3,7-8,10-12,14-17,23,26-27,31,44H,2,4-6,9,13,18-22H2,1H3,(H,41,43)/b14-3+/t26-,27+,31+,35+,36-,37+/m0/s1. The van der Waals surface area contributed by atoms with Crippen molar-refractivity contribution in [2.75, 3.05) is 24.6 Å². The zero-order valence-corrected chi connectivity index (χ0v) is 28.6. The van der Waals surface area contributed by atoms with Gasteiger partial charge < -0.3 is 14.7 Å². The highest BCUT2D eigenvalue weighted by molar-refractivity contribution is 7.91. The van der Waals surface area contributed by atoms with E-state index in [1.165, 1.54) is 17.5 Å². The maximum absolute atomic E-state index is 13.6. The number of aryl methyl sites for hydroxylation is 1. The first-order valence-corrected chi connectivity index (χ1v) is 18.9. The lowest BCUT2D eigenvalue weighted by atomic mass is 9.62. The van der Waals surface area contributed by atoms with E-state index in [0.29, 0.717) is 44.7 Å². The summed E-state index contributed by atoms with van der Waals surface area (Å²) in [5.74, 6) is -0.0136. The number of benzene rings is 2. The number of halogens is 1. The van der Waals surface area contributed by atoms with Crippen molar-refractivity contribution in [1.82, 2.24) is 14.7 Å². The SMILES string of the molecule is C[C@@]12C[C@H]1C/C=C/[C@@](O)(Cc1ccncn1)[C@@H]1CC[C@H]1CN1C[C@@]3(CCCc4cc(Cl)ccc43)COc3ccc(cc31)C(=O)NS2(=O)=O. The third kappa shape index (κ3) is 5.40. The third-order valence-electron chi connectivity index (χ3n) is 11.9. The van der Waals surface area contributed by atoms with Crippen molar-refractivity contribution in [3.8, 4) is 5.75 Å². The van der Waals surface area contributed by atoms with E-state index in [-0.39, 0.29) is 28.7 Å². The first kappa shape index (κ1) is 31.8. The number of nitrogens with zero attached hydrogens (tertiary/aromatic N) is 3. The molecule has 2 aromatic carbocycles. The molecule has 2 aliphatic heterocycles. The average Bonchev–Trinajstić information content (AvgIpc) is 3.75. The van der Waals surface area contributed by atoms with Gasteiger partial charge in [0, 0.05) is 47.4 Å². The van der Waals surface area contributed by atoms with Crippen LogP contribution < -0.4 is 14.4 Å². The number of aliphatic hydroxyl groups is 1. The Morgan fingerprint density at radius 3 is 2.83 bits per heavy atom. The fourth-order valence-electron chi connectivity index (χ4n) is 8.84. The Bertz CT molecular complexity index is 1910. The highest BCUT2D eigenvalue weighted by Gasteiger charge is 2.60. The molecule has 8 rings (SSSR count). The predicted molar refractivity (Wildman–Crippen MR) is 184 cm³/mol. The molecule has 48 heavy (non-hydrogen) atoms. The summed E-state index contributed by atoms with van der Waals surface area (Å²) in [4.78, 5) is 24.4. The first-order valence-electron chi connectivity index (χ1n) is 17.0. The van der Waals surface area contributed by atoms with Gasteiger partial charge in [0.15, 0.2) is 0 Å². The predicted octanol–water partition coefficient (Wildman–Crippen LogP) is 5.40. The summed E-state index contributed by atoms with van der Waals surface area (Å²) in [5, 5.41) is 13.2. The van der Waals surface area contributed by atoms with Crippen molar-refractivity contribution in [2.45, 2.75) is 74.1 Å². The monoisotopic (exact) mass is 688 g/mol. The summed E-state index contributed by atoms with van der Waals surface area (Å²) >= 11 is 6.44. The second-order valence-electron chi connectivity index (χ2n) is 14.9. The number of carbonyl (C=O) groups excluding carboxylic acids is 1. The summed E-state index contributed by atoms with van der Waals surface area (Å²) in [6.07, 6.45) is 13.0. The van der Waals surface area contributed by atoms with Crippen LogP contribution in [0.25, 0.3) is 0 Å². The van der Waals surface area contributed by atoms with Gasteiger partial charge in [-0.2, -0.15) is 0 Å². The lowest BCUT2D eigenvalue weighted by Crippen LogP contribution is -2.53. The number of allylic oxidation sites excluding steroid dienone is 1. The Labute approximate surface area is 286 Å². The Kier molecular flexibility index (Phi) is 7.65. The van der Waals surface area contributed by atoms with Gasteiger partial charge in [0.1, 0.15) is 12.1 Å². The lowest BCUT2D eigenvalue weighted by Gasteiger charge is -2.49.